The third-order valence-corrected chi connectivity index (χ3v) is 7.66. The van der Waals surface area contributed by atoms with Gasteiger partial charge in [-0.25, -0.2) is 8.42 Å². The van der Waals surface area contributed by atoms with Gasteiger partial charge in [0.25, 0.3) is 15.9 Å². The lowest BCUT2D eigenvalue weighted by atomic mass is 10.0. The molecule has 2 heterocycles. The summed E-state index contributed by atoms with van der Waals surface area (Å²) in [5.74, 6) is 0.320. The van der Waals surface area contributed by atoms with Crippen molar-refractivity contribution in [3.8, 4) is 0 Å². The number of carbonyl (C=O) groups is 1. The number of ether oxygens (including phenoxy) is 1. The molecular formula is C16H28ClN3O4S2. The summed E-state index contributed by atoms with van der Waals surface area (Å²) in [4.78, 5) is 12.5. The van der Waals surface area contributed by atoms with Gasteiger partial charge in [-0.3, -0.25) is 4.79 Å². The molecule has 0 unspecified atom stereocenters. The molecule has 0 spiro atoms. The monoisotopic (exact) mass is 425 g/mol. The zero-order valence-corrected chi connectivity index (χ0v) is 17.6. The summed E-state index contributed by atoms with van der Waals surface area (Å²) in [6, 6.07) is 3.11. The molecule has 0 bridgehead atoms. The maximum Gasteiger partial charge on any atom is 0.261 e. The summed E-state index contributed by atoms with van der Waals surface area (Å²) >= 11 is 1.03. The van der Waals surface area contributed by atoms with Gasteiger partial charge in [-0.05, 0) is 30.9 Å². The SMILES string of the molecule is COCCNCCNC(=O)c1ccc(S(=O)(=O)N2CCC(C)CC2)s1.Cl. The summed E-state index contributed by atoms with van der Waals surface area (Å²) in [5, 5.41) is 5.92. The highest BCUT2D eigenvalue weighted by Gasteiger charge is 2.29. The van der Waals surface area contributed by atoms with Crippen LogP contribution in [0.15, 0.2) is 16.3 Å². The first-order valence-electron chi connectivity index (χ1n) is 8.53. The molecule has 26 heavy (non-hydrogen) atoms. The molecule has 0 radical (unpaired) electrons. The number of hydrogen-bond acceptors (Lipinski definition) is 6. The molecule has 2 rings (SSSR count). The van der Waals surface area contributed by atoms with Crippen LogP contribution in [0.2, 0.25) is 0 Å². The van der Waals surface area contributed by atoms with Crippen molar-refractivity contribution < 1.29 is 17.9 Å². The highest BCUT2D eigenvalue weighted by molar-refractivity contribution is 7.91. The zero-order valence-electron chi connectivity index (χ0n) is 15.2. The summed E-state index contributed by atoms with van der Waals surface area (Å²) < 4.78 is 32.0. The largest absolute Gasteiger partial charge is 0.383 e. The Kier molecular flexibility index (Phi) is 10.1. The van der Waals surface area contributed by atoms with Crippen molar-refractivity contribution in [3.63, 3.8) is 0 Å². The summed E-state index contributed by atoms with van der Waals surface area (Å²) in [5.41, 5.74) is 0. The van der Waals surface area contributed by atoms with Crippen LogP contribution in [0.5, 0.6) is 0 Å². The fourth-order valence-corrected chi connectivity index (χ4v) is 5.43. The van der Waals surface area contributed by atoms with Crippen molar-refractivity contribution in [2.45, 2.75) is 24.0 Å². The van der Waals surface area contributed by atoms with Gasteiger partial charge in [0.15, 0.2) is 0 Å². The molecule has 1 fully saturated rings. The van der Waals surface area contributed by atoms with Crippen LogP contribution in [-0.2, 0) is 14.8 Å². The van der Waals surface area contributed by atoms with E-state index >= 15 is 0 Å². The number of nitrogens with one attached hydrogen (secondary N) is 2. The van der Waals surface area contributed by atoms with E-state index in [4.69, 9.17) is 4.74 Å². The van der Waals surface area contributed by atoms with Crippen LogP contribution < -0.4 is 10.6 Å². The van der Waals surface area contributed by atoms with Gasteiger partial charge in [-0.1, -0.05) is 6.92 Å². The number of amides is 1. The van der Waals surface area contributed by atoms with E-state index < -0.39 is 10.0 Å². The molecule has 1 amide bonds. The molecule has 1 aliphatic rings. The number of sulfonamides is 1. The number of carbonyl (C=O) groups excluding carboxylic acids is 1. The van der Waals surface area contributed by atoms with E-state index in [1.807, 2.05) is 0 Å². The molecule has 0 atom stereocenters. The third kappa shape index (κ3) is 6.47. The molecule has 0 aliphatic carbocycles. The third-order valence-electron chi connectivity index (χ3n) is 4.21. The zero-order chi connectivity index (χ0) is 18.3. The predicted molar refractivity (Wildman–Crippen MR) is 106 cm³/mol. The molecule has 1 saturated heterocycles. The van der Waals surface area contributed by atoms with Crippen LogP contribution in [0.1, 0.15) is 29.4 Å². The van der Waals surface area contributed by atoms with E-state index in [1.165, 1.54) is 10.4 Å². The van der Waals surface area contributed by atoms with Crippen LogP contribution in [-0.4, -0.2) is 65.1 Å². The second kappa shape index (κ2) is 11.2. The fourth-order valence-electron chi connectivity index (χ4n) is 2.58. The minimum absolute atomic E-state index is 0. The average molecular weight is 426 g/mol. The standard InChI is InChI=1S/C16H27N3O4S2.ClH/c1-13-5-10-19(11-6-13)25(21,22)15-4-3-14(24-15)16(20)18-8-7-17-9-12-23-2;/h3-4,13,17H,5-12H2,1-2H3,(H,18,20);1H. The van der Waals surface area contributed by atoms with Crippen molar-refractivity contribution in [2.24, 2.45) is 5.92 Å². The van der Waals surface area contributed by atoms with E-state index in [2.05, 4.69) is 17.6 Å². The van der Waals surface area contributed by atoms with Crippen molar-refractivity contribution in [1.82, 2.24) is 14.9 Å². The van der Waals surface area contributed by atoms with Crippen LogP contribution >= 0.6 is 23.7 Å². The van der Waals surface area contributed by atoms with Crippen molar-refractivity contribution in [1.29, 1.82) is 0 Å². The van der Waals surface area contributed by atoms with E-state index in [0.29, 0.717) is 43.6 Å². The van der Waals surface area contributed by atoms with E-state index in [1.54, 1.807) is 13.2 Å². The van der Waals surface area contributed by atoms with Gasteiger partial charge in [-0.15, -0.1) is 23.7 Å². The highest BCUT2D eigenvalue weighted by atomic mass is 35.5. The second-order valence-electron chi connectivity index (χ2n) is 6.20. The Balaban J connectivity index is 0.00000338. The fraction of sp³-hybridized carbons (Fsp3) is 0.688. The molecule has 1 aromatic heterocycles. The Labute approximate surface area is 165 Å². The van der Waals surface area contributed by atoms with Gasteiger partial charge < -0.3 is 15.4 Å². The van der Waals surface area contributed by atoms with Gasteiger partial charge >= 0.3 is 0 Å². The Morgan fingerprint density at radius 3 is 2.62 bits per heavy atom. The Morgan fingerprint density at radius 1 is 1.27 bits per heavy atom. The smallest absolute Gasteiger partial charge is 0.261 e. The number of thiophene rings is 1. The van der Waals surface area contributed by atoms with Gasteiger partial charge in [0.05, 0.1) is 11.5 Å². The first-order chi connectivity index (χ1) is 11.9. The number of rotatable bonds is 9. The van der Waals surface area contributed by atoms with Crippen LogP contribution in [0, 0.1) is 5.92 Å². The van der Waals surface area contributed by atoms with Crippen LogP contribution in [0.3, 0.4) is 0 Å². The quantitative estimate of drug-likeness (QED) is 0.586. The van der Waals surface area contributed by atoms with E-state index in [9.17, 15) is 13.2 Å². The molecule has 10 heteroatoms. The van der Waals surface area contributed by atoms with Gasteiger partial charge in [0, 0.05) is 39.8 Å². The number of methoxy groups -OCH3 is 1. The summed E-state index contributed by atoms with van der Waals surface area (Å²) in [6.45, 7) is 5.70. The summed E-state index contributed by atoms with van der Waals surface area (Å²) in [6.07, 6.45) is 1.77. The lowest BCUT2D eigenvalue weighted by Gasteiger charge is -2.28. The van der Waals surface area contributed by atoms with Gasteiger partial charge in [-0.2, -0.15) is 4.31 Å². The Morgan fingerprint density at radius 2 is 1.96 bits per heavy atom. The predicted octanol–water partition coefficient (Wildman–Crippen LogP) is 1.56. The first-order valence-corrected chi connectivity index (χ1v) is 10.8. The Bertz CT molecular complexity index is 658. The lowest BCUT2D eigenvalue weighted by molar-refractivity contribution is 0.0957. The topological polar surface area (TPSA) is 87.7 Å². The first kappa shape index (κ1) is 23.3. The maximum atomic E-state index is 12.7. The maximum absolute atomic E-state index is 12.7. The summed E-state index contributed by atoms with van der Waals surface area (Å²) in [7, 11) is -1.85. The molecule has 0 saturated carbocycles. The number of piperidine rings is 1. The normalized spacial score (nSPS) is 16.2. The molecular weight excluding hydrogens is 398 g/mol. The number of nitrogens with zero attached hydrogens (tertiary/aromatic N) is 1. The Hall–Kier alpha value is -0.710. The molecule has 1 aliphatic heterocycles. The molecule has 7 nitrogen and oxygen atoms in total. The highest BCUT2D eigenvalue weighted by Crippen LogP contribution is 2.28. The molecule has 150 valence electrons. The van der Waals surface area contributed by atoms with Crippen molar-refractivity contribution >= 4 is 39.7 Å². The van der Waals surface area contributed by atoms with Crippen molar-refractivity contribution in [3.05, 3.63) is 17.0 Å². The number of halogens is 1. The lowest BCUT2D eigenvalue weighted by Crippen LogP contribution is -2.37. The van der Waals surface area contributed by atoms with E-state index in [0.717, 1.165) is 30.7 Å². The van der Waals surface area contributed by atoms with Gasteiger partial charge in [0.2, 0.25) is 0 Å². The molecule has 1 aromatic rings. The van der Waals surface area contributed by atoms with Gasteiger partial charge in [0.1, 0.15) is 4.21 Å². The minimum Gasteiger partial charge on any atom is -0.383 e. The molecule has 2 N–H and O–H groups in total. The second-order valence-corrected chi connectivity index (χ2v) is 9.45. The minimum atomic E-state index is -3.49. The molecule has 0 aromatic carbocycles. The van der Waals surface area contributed by atoms with Crippen LogP contribution in [0.25, 0.3) is 0 Å². The average Bonchev–Trinajstić information content (AvgIpc) is 3.09. The number of hydrogen-bond donors (Lipinski definition) is 2. The van der Waals surface area contributed by atoms with Crippen LogP contribution in [0.4, 0.5) is 0 Å². The van der Waals surface area contributed by atoms with E-state index in [-0.39, 0.29) is 22.5 Å². The van der Waals surface area contributed by atoms with Crippen molar-refractivity contribution in [2.75, 3.05) is 46.4 Å².